The number of hydrogen-bond acceptors (Lipinski definition) is 3. The number of benzene rings is 1. The number of aryl methyl sites for hydroxylation is 1. The molecule has 2 rings (SSSR count). The van der Waals surface area contributed by atoms with Gasteiger partial charge in [-0.15, -0.1) is 0 Å². The van der Waals surface area contributed by atoms with Crippen molar-refractivity contribution in [1.29, 1.82) is 5.26 Å². The molecule has 0 heterocycles. The van der Waals surface area contributed by atoms with Gasteiger partial charge >= 0.3 is 5.97 Å². The number of nitrogens with zero attached hydrogens (tertiary/aromatic N) is 1. The van der Waals surface area contributed by atoms with Crippen LogP contribution in [0, 0.1) is 17.2 Å². The van der Waals surface area contributed by atoms with Crippen LogP contribution in [0.1, 0.15) is 50.2 Å². The summed E-state index contributed by atoms with van der Waals surface area (Å²) in [7, 11) is 0. The highest BCUT2D eigenvalue weighted by Crippen LogP contribution is 2.29. The van der Waals surface area contributed by atoms with Crippen molar-refractivity contribution < 1.29 is 9.53 Å². The molecular formula is C19H23NO2. The number of rotatable bonds is 5. The zero-order valence-corrected chi connectivity index (χ0v) is 13.1. The quantitative estimate of drug-likeness (QED) is 0.605. The number of ether oxygens (including phenoxy) is 1. The second kappa shape index (κ2) is 8.38. The third-order valence-electron chi connectivity index (χ3n) is 4.30. The number of carbonyl (C=O) groups is 1. The Labute approximate surface area is 132 Å². The monoisotopic (exact) mass is 297 g/mol. The van der Waals surface area contributed by atoms with Crippen molar-refractivity contribution in [3.63, 3.8) is 0 Å². The van der Waals surface area contributed by atoms with Gasteiger partial charge in [-0.1, -0.05) is 18.2 Å². The zero-order chi connectivity index (χ0) is 15.8. The summed E-state index contributed by atoms with van der Waals surface area (Å²) in [6, 6.07) is 10.00. The van der Waals surface area contributed by atoms with E-state index in [0.717, 1.165) is 32.1 Å². The van der Waals surface area contributed by atoms with E-state index in [1.165, 1.54) is 18.1 Å². The Morgan fingerprint density at radius 1 is 1.27 bits per heavy atom. The van der Waals surface area contributed by atoms with Gasteiger partial charge in [-0.25, -0.2) is 4.79 Å². The van der Waals surface area contributed by atoms with Gasteiger partial charge in [0.1, 0.15) is 6.10 Å². The van der Waals surface area contributed by atoms with E-state index in [-0.39, 0.29) is 12.1 Å². The van der Waals surface area contributed by atoms with Crippen LogP contribution in [0.4, 0.5) is 0 Å². The van der Waals surface area contributed by atoms with Gasteiger partial charge < -0.3 is 4.74 Å². The van der Waals surface area contributed by atoms with Crippen molar-refractivity contribution in [2.24, 2.45) is 5.92 Å². The molecule has 1 aromatic rings. The fourth-order valence-corrected chi connectivity index (χ4v) is 2.99. The highest BCUT2D eigenvalue weighted by Gasteiger charge is 2.23. The highest BCUT2D eigenvalue weighted by molar-refractivity contribution is 5.81. The molecule has 1 saturated carbocycles. The van der Waals surface area contributed by atoms with Crippen LogP contribution in [-0.2, 0) is 16.0 Å². The maximum absolute atomic E-state index is 11.4. The first-order valence-electron chi connectivity index (χ1n) is 8.03. The molecule has 0 N–H and O–H groups in total. The number of nitriles is 1. The van der Waals surface area contributed by atoms with Gasteiger partial charge in [-0.3, -0.25) is 0 Å². The van der Waals surface area contributed by atoms with Crippen LogP contribution in [0.15, 0.2) is 36.4 Å². The number of carbonyl (C=O) groups excluding carboxylic acids is 1. The van der Waals surface area contributed by atoms with E-state index in [0.29, 0.717) is 11.5 Å². The van der Waals surface area contributed by atoms with Crippen molar-refractivity contribution in [2.75, 3.05) is 0 Å². The summed E-state index contributed by atoms with van der Waals surface area (Å²) in [6.07, 6.45) is 9.72. The van der Waals surface area contributed by atoms with Crippen molar-refractivity contribution in [3.05, 3.63) is 47.5 Å². The Bertz CT molecular complexity index is 546. The minimum Gasteiger partial charge on any atom is -0.459 e. The lowest BCUT2D eigenvalue weighted by atomic mass is 9.83. The van der Waals surface area contributed by atoms with Crippen molar-refractivity contribution in [3.8, 4) is 6.07 Å². The molecule has 0 amide bonds. The maximum Gasteiger partial charge on any atom is 0.330 e. The van der Waals surface area contributed by atoms with Crippen molar-refractivity contribution >= 4 is 5.97 Å². The summed E-state index contributed by atoms with van der Waals surface area (Å²) in [5.74, 6) is 0.496. The van der Waals surface area contributed by atoms with E-state index in [4.69, 9.17) is 10.00 Å². The molecule has 3 heteroatoms. The molecule has 0 bridgehead atoms. The summed E-state index contributed by atoms with van der Waals surface area (Å²) >= 11 is 0. The molecule has 3 nitrogen and oxygen atoms in total. The largest absolute Gasteiger partial charge is 0.459 e. The molecule has 22 heavy (non-hydrogen) atoms. The maximum atomic E-state index is 11.4. The predicted molar refractivity (Wildman–Crippen MR) is 86.1 cm³/mol. The fraction of sp³-hybridized carbons (Fsp3) is 0.474. The Morgan fingerprint density at radius 3 is 2.55 bits per heavy atom. The molecule has 1 aliphatic rings. The summed E-state index contributed by atoms with van der Waals surface area (Å²) in [5.41, 5.74) is 2.01. The smallest absolute Gasteiger partial charge is 0.330 e. The molecule has 0 aromatic heterocycles. The van der Waals surface area contributed by atoms with Crippen LogP contribution in [0.5, 0.6) is 0 Å². The number of esters is 1. The molecule has 0 unspecified atom stereocenters. The third-order valence-corrected chi connectivity index (χ3v) is 4.30. The molecule has 0 spiro atoms. The average molecular weight is 297 g/mol. The minimum atomic E-state index is -0.219. The molecule has 0 radical (unpaired) electrons. The average Bonchev–Trinajstić information content (AvgIpc) is 2.55. The molecule has 116 valence electrons. The van der Waals surface area contributed by atoms with E-state index < -0.39 is 0 Å². The topological polar surface area (TPSA) is 50.1 Å². The summed E-state index contributed by atoms with van der Waals surface area (Å²) < 4.78 is 5.41. The van der Waals surface area contributed by atoms with Gasteiger partial charge in [-0.2, -0.15) is 5.26 Å². The van der Waals surface area contributed by atoms with E-state index in [1.54, 1.807) is 6.08 Å². The van der Waals surface area contributed by atoms with Crippen LogP contribution in [0.3, 0.4) is 0 Å². The molecule has 1 aliphatic carbocycles. The molecular weight excluding hydrogens is 274 g/mol. The summed E-state index contributed by atoms with van der Waals surface area (Å²) in [6.45, 7) is 1.82. The first kappa shape index (κ1) is 16.3. The lowest BCUT2D eigenvalue weighted by Gasteiger charge is -2.28. The molecule has 1 aromatic carbocycles. The molecule has 1 fully saturated rings. The van der Waals surface area contributed by atoms with Gasteiger partial charge in [0.05, 0.1) is 11.6 Å². The Kier molecular flexibility index (Phi) is 6.21. The molecule has 0 aliphatic heterocycles. The SMILES string of the molecule is CC=CC(=O)OC1CCC(CCc2ccc(C#N)cc2)CC1. The van der Waals surface area contributed by atoms with Crippen LogP contribution in [0.25, 0.3) is 0 Å². The Balaban J connectivity index is 1.71. The first-order chi connectivity index (χ1) is 10.7. The van der Waals surface area contributed by atoms with Crippen LogP contribution in [0.2, 0.25) is 0 Å². The summed E-state index contributed by atoms with van der Waals surface area (Å²) in [4.78, 5) is 11.4. The summed E-state index contributed by atoms with van der Waals surface area (Å²) in [5, 5.41) is 8.79. The normalized spacial score (nSPS) is 21.5. The molecule has 0 atom stereocenters. The lowest BCUT2D eigenvalue weighted by molar-refractivity contribution is -0.144. The van der Waals surface area contributed by atoms with Crippen LogP contribution in [-0.4, -0.2) is 12.1 Å². The Hall–Kier alpha value is -2.08. The van der Waals surface area contributed by atoms with Gasteiger partial charge in [-0.05, 0) is 69.1 Å². The van der Waals surface area contributed by atoms with Crippen molar-refractivity contribution in [2.45, 2.75) is 51.6 Å². The second-order valence-corrected chi connectivity index (χ2v) is 5.93. The Morgan fingerprint density at radius 2 is 1.95 bits per heavy atom. The standard InChI is InChI=1S/C19H23NO2/c1-2-3-19(21)22-18-12-10-16(11-13-18)5-4-15-6-8-17(14-20)9-7-15/h2-3,6-9,16,18H,4-5,10-13H2,1H3. The van der Waals surface area contributed by atoms with E-state index in [1.807, 2.05) is 31.2 Å². The van der Waals surface area contributed by atoms with Gasteiger partial charge in [0, 0.05) is 6.08 Å². The lowest BCUT2D eigenvalue weighted by Crippen LogP contribution is -2.24. The van der Waals surface area contributed by atoms with Gasteiger partial charge in [0.15, 0.2) is 0 Å². The third kappa shape index (κ3) is 5.04. The van der Waals surface area contributed by atoms with Gasteiger partial charge in [0.2, 0.25) is 0 Å². The molecule has 0 saturated heterocycles. The van der Waals surface area contributed by atoms with Gasteiger partial charge in [0.25, 0.3) is 0 Å². The van der Waals surface area contributed by atoms with E-state index >= 15 is 0 Å². The van der Waals surface area contributed by atoms with Crippen LogP contribution < -0.4 is 0 Å². The highest BCUT2D eigenvalue weighted by atomic mass is 16.5. The van der Waals surface area contributed by atoms with E-state index in [2.05, 4.69) is 6.07 Å². The predicted octanol–water partition coefficient (Wildman–Crippen LogP) is 4.17. The van der Waals surface area contributed by atoms with Crippen LogP contribution >= 0.6 is 0 Å². The van der Waals surface area contributed by atoms with Crippen molar-refractivity contribution in [1.82, 2.24) is 0 Å². The van der Waals surface area contributed by atoms with E-state index in [9.17, 15) is 4.79 Å². The fourth-order valence-electron chi connectivity index (χ4n) is 2.99. The zero-order valence-electron chi connectivity index (χ0n) is 13.1. The minimum absolute atomic E-state index is 0.0925. The number of allylic oxidation sites excluding steroid dienone is 1. The first-order valence-corrected chi connectivity index (χ1v) is 8.03. The number of hydrogen-bond donors (Lipinski definition) is 0. The second-order valence-electron chi connectivity index (χ2n) is 5.93.